The standard InChI is InChI=1S/C50H50N2P2/c1-7-21-41(22-8-1)35-45(39-53(47-27-11-3-12-28-47)48-29-13-4-14-30-48)51-37-43-25-19-20-26-44(43)38-52-46(36-42-23-9-2-10-24-42)40-54(49-31-15-5-16-32-49)50-33-17-6-18-34-50/h1-34,45-46,51-52H,35-40H2/t45-,46-/m0/s1. The number of benzene rings is 7. The van der Waals surface area contributed by atoms with Gasteiger partial charge in [-0.25, -0.2) is 0 Å². The molecule has 0 heterocycles. The number of nitrogens with one attached hydrogen (secondary N) is 2. The van der Waals surface area contributed by atoms with Gasteiger partial charge in [0.2, 0.25) is 0 Å². The van der Waals surface area contributed by atoms with E-state index in [0.717, 1.165) is 38.3 Å². The first-order valence-corrected chi connectivity index (χ1v) is 22.2. The van der Waals surface area contributed by atoms with Gasteiger partial charge in [-0.1, -0.05) is 206 Å². The van der Waals surface area contributed by atoms with Gasteiger partial charge < -0.3 is 10.6 Å². The lowest BCUT2D eigenvalue weighted by atomic mass is 10.0. The second kappa shape index (κ2) is 20.1. The van der Waals surface area contributed by atoms with Gasteiger partial charge >= 0.3 is 0 Å². The molecule has 270 valence electrons. The third-order valence-electron chi connectivity index (χ3n) is 10.0. The maximum Gasteiger partial charge on any atom is 0.0211 e. The Bertz CT molecular complexity index is 1850. The SMILES string of the molecule is c1ccc(C[C@@H](CP(c2ccccc2)c2ccccc2)NCc2ccccc2CN[C@@H](Cc2ccccc2)CP(c2ccccc2)c2ccccc2)cc1. The van der Waals surface area contributed by atoms with Gasteiger partial charge in [0.25, 0.3) is 0 Å². The smallest absolute Gasteiger partial charge is 0.0211 e. The van der Waals surface area contributed by atoms with Gasteiger partial charge in [0.1, 0.15) is 0 Å². The first kappa shape index (κ1) is 37.6. The van der Waals surface area contributed by atoms with Crippen molar-refractivity contribution in [2.75, 3.05) is 12.3 Å². The fraction of sp³-hybridized carbons (Fsp3) is 0.160. The van der Waals surface area contributed by atoms with Crippen molar-refractivity contribution in [2.24, 2.45) is 0 Å². The molecule has 0 aliphatic carbocycles. The highest BCUT2D eigenvalue weighted by molar-refractivity contribution is 7.73. The van der Waals surface area contributed by atoms with E-state index in [1.165, 1.54) is 43.5 Å². The van der Waals surface area contributed by atoms with Crippen LogP contribution in [0.2, 0.25) is 0 Å². The molecule has 7 aromatic rings. The van der Waals surface area contributed by atoms with E-state index in [0.29, 0.717) is 12.1 Å². The van der Waals surface area contributed by atoms with Crippen LogP contribution in [0.1, 0.15) is 22.3 Å². The van der Waals surface area contributed by atoms with Gasteiger partial charge in [-0.3, -0.25) is 0 Å². The summed E-state index contributed by atoms with van der Waals surface area (Å²) in [4.78, 5) is 0. The molecule has 0 fully saturated rings. The van der Waals surface area contributed by atoms with Crippen molar-refractivity contribution in [3.05, 3.63) is 229 Å². The normalized spacial score (nSPS) is 12.5. The largest absolute Gasteiger partial charge is 0.309 e. The van der Waals surface area contributed by atoms with E-state index < -0.39 is 15.8 Å². The molecule has 0 spiro atoms. The Balaban J connectivity index is 1.11. The molecule has 2 atom stereocenters. The third-order valence-corrected chi connectivity index (χ3v) is 15.3. The van der Waals surface area contributed by atoms with E-state index in [9.17, 15) is 0 Å². The van der Waals surface area contributed by atoms with Crippen LogP contribution in [0.25, 0.3) is 0 Å². The zero-order valence-corrected chi connectivity index (χ0v) is 32.7. The van der Waals surface area contributed by atoms with Gasteiger partial charge in [0, 0.05) is 25.2 Å². The van der Waals surface area contributed by atoms with Crippen molar-refractivity contribution in [3.8, 4) is 0 Å². The monoisotopic (exact) mass is 740 g/mol. The fourth-order valence-electron chi connectivity index (χ4n) is 7.20. The molecule has 54 heavy (non-hydrogen) atoms. The minimum absolute atomic E-state index is 0.311. The summed E-state index contributed by atoms with van der Waals surface area (Å²) in [6.07, 6.45) is 4.11. The molecule has 0 bridgehead atoms. The van der Waals surface area contributed by atoms with Crippen LogP contribution in [-0.2, 0) is 25.9 Å². The van der Waals surface area contributed by atoms with Crippen molar-refractivity contribution in [2.45, 2.75) is 38.0 Å². The molecule has 0 amide bonds. The Morgan fingerprint density at radius 3 is 0.870 bits per heavy atom. The molecule has 4 heteroatoms. The van der Waals surface area contributed by atoms with E-state index >= 15 is 0 Å². The molecule has 0 saturated heterocycles. The molecule has 7 aromatic carbocycles. The Hall–Kier alpha value is -4.68. The quantitative estimate of drug-likeness (QED) is 0.0858. The van der Waals surface area contributed by atoms with E-state index in [4.69, 9.17) is 0 Å². The van der Waals surface area contributed by atoms with Crippen LogP contribution in [0.15, 0.2) is 206 Å². The lowest BCUT2D eigenvalue weighted by Crippen LogP contribution is -2.37. The molecule has 0 radical (unpaired) electrons. The molecule has 0 saturated carbocycles. The van der Waals surface area contributed by atoms with Gasteiger partial charge in [-0.2, -0.15) is 0 Å². The summed E-state index contributed by atoms with van der Waals surface area (Å²) in [5.74, 6) is 0. The Kier molecular flexibility index (Phi) is 14.0. The van der Waals surface area contributed by atoms with E-state index in [-0.39, 0.29) is 0 Å². The molecule has 0 aromatic heterocycles. The minimum atomic E-state index is -0.535. The second-order valence-electron chi connectivity index (χ2n) is 13.9. The highest BCUT2D eigenvalue weighted by Gasteiger charge is 2.22. The summed E-state index contributed by atoms with van der Waals surface area (Å²) in [6, 6.07) is 76.1. The maximum absolute atomic E-state index is 4.09. The van der Waals surface area contributed by atoms with Crippen molar-refractivity contribution in [3.63, 3.8) is 0 Å². The Morgan fingerprint density at radius 1 is 0.315 bits per heavy atom. The van der Waals surface area contributed by atoms with Crippen molar-refractivity contribution < 1.29 is 0 Å². The van der Waals surface area contributed by atoms with Crippen LogP contribution in [0.4, 0.5) is 0 Å². The second-order valence-corrected chi connectivity index (χ2v) is 18.4. The molecular formula is C50H50N2P2. The number of rotatable bonds is 18. The molecular weight excluding hydrogens is 691 g/mol. The lowest BCUT2D eigenvalue weighted by molar-refractivity contribution is 0.533. The minimum Gasteiger partial charge on any atom is -0.309 e. The Morgan fingerprint density at radius 2 is 0.574 bits per heavy atom. The van der Waals surface area contributed by atoms with E-state index in [2.05, 4.69) is 217 Å². The highest BCUT2D eigenvalue weighted by atomic mass is 31.1. The highest BCUT2D eigenvalue weighted by Crippen LogP contribution is 2.36. The van der Waals surface area contributed by atoms with Crippen molar-refractivity contribution in [1.82, 2.24) is 10.6 Å². The third kappa shape index (κ3) is 10.9. The molecule has 0 unspecified atom stereocenters. The van der Waals surface area contributed by atoms with Crippen LogP contribution >= 0.6 is 15.8 Å². The van der Waals surface area contributed by atoms with E-state index in [1.54, 1.807) is 0 Å². The van der Waals surface area contributed by atoms with Gasteiger partial charge in [-0.05, 0) is 84.5 Å². The summed E-state index contributed by atoms with van der Waals surface area (Å²) < 4.78 is 0. The zero-order chi connectivity index (χ0) is 36.6. The Labute approximate surface area is 325 Å². The molecule has 7 rings (SSSR count). The summed E-state index contributed by atoms with van der Waals surface area (Å²) in [5.41, 5.74) is 5.47. The lowest BCUT2D eigenvalue weighted by Gasteiger charge is -2.28. The zero-order valence-electron chi connectivity index (χ0n) is 30.9. The number of hydrogen-bond donors (Lipinski definition) is 2. The number of hydrogen-bond acceptors (Lipinski definition) is 2. The van der Waals surface area contributed by atoms with Crippen molar-refractivity contribution >= 4 is 37.1 Å². The summed E-state index contributed by atoms with van der Waals surface area (Å²) in [7, 11) is -1.07. The van der Waals surface area contributed by atoms with Gasteiger partial charge in [-0.15, -0.1) is 0 Å². The van der Waals surface area contributed by atoms with Crippen LogP contribution in [0.5, 0.6) is 0 Å². The van der Waals surface area contributed by atoms with Crippen molar-refractivity contribution in [1.29, 1.82) is 0 Å². The topological polar surface area (TPSA) is 24.1 Å². The predicted octanol–water partition coefficient (Wildman–Crippen LogP) is 9.35. The summed E-state index contributed by atoms with van der Waals surface area (Å²) >= 11 is 0. The maximum atomic E-state index is 4.09. The molecule has 0 aliphatic heterocycles. The average Bonchev–Trinajstić information content (AvgIpc) is 3.25. The molecule has 0 aliphatic rings. The van der Waals surface area contributed by atoms with E-state index in [1.807, 2.05) is 0 Å². The average molecular weight is 741 g/mol. The molecule has 2 nitrogen and oxygen atoms in total. The fourth-order valence-corrected chi connectivity index (χ4v) is 12.2. The van der Waals surface area contributed by atoms with Crippen LogP contribution in [0.3, 0.4) is 0 Å². The molecule has 2 N–H and O–H groups in total. The summed E-state index contributed by atoms with van der Waals surface area (Å²) in [5, 5.41) is 13.9. The van der Waals surface area contributed by atoms with Crippen LogP contribution in [0, 0.1) is 0 Å². The van der Waals surface area contributed by atoms with Gasteiger partial charge in [0.15, 0.2) is 0 Å². The first-order chi connectivity index (χ1) is 26.8. The van der Waals surface area contributed by atoms with Crippen LogP contribution in [-0.4, -0.2) is 24.4 Å². The predicted molar refractivity (Wildman–Crippen MR) is 236 cm³/mol. The van der Waals surface area contributed by atoms with Crippen LogP contribution < -0.4 is 31.9 Å². The van der Waals surface area contributed by atoms with Gasteiger partial charge in [0.05, 0.1) is 0 Å². The first-order valence-electron chi connectivity index (χ1n) is 19.1. The summed E-state index contributed by atoms with van der Waals surface area (Å²) in [6.45, 7) is 1.65.